The average Bonchev–Trinajstić information content (AvgIpc) is 2.20. The third-order valence-electron chi connectivity index (χ3n) is 2.69. The predicted octanol–water partition coefficient (Wildman–Crippen LogP) is 2.80. The number of rotatable bonds is 3. The predicted molar refractivity (Wildman–Crippen MR) is 64.3 cm³/mol. The molecule has 0 spiro atoms. The molecule has 0 aliphatic heterocycles. The number of hydrogen-bond donors (Lipinski definition) is 2. The molecule has 0 fully saturated rings. The van der Waals surface area contributed by atoms with Crippen LogP contribution in [0, 0.1) is 5.92 Å². The Labute approximate surface area is 100.0 Å². The van der Waals surface area contributed by atoms with E-state index in [1.165, 1.54) is 0 Å². The molecule has 1 aromatic rings. The lowest BCUT2D eigenvalue weighted by Crippen LogP contribution is -2.39. The Morgan fingerprint density at radius 2 is 1.93 bits per heavy atom. The Bertz CT molecular complexity index is 354. The highest BCUT2D eigenvalue weighted by atomic mass is 35.5. The Kier molecular flexibility index (Phi) is 4.01. The first kappa shape index (κ1) is 12.8. The van der Waals surface area contributed by atoms with E-state index in [4.69, 9.17) is 28.9 Å². The molecule has 0 aromatic heterocycles. The monoisotopic (exact) mass is 247 g/mol. The molecule has 2 nitrogen and oxygen atoms in total. The molecular formula is C11H15Cl2NO. The lowest BCUT2D eigenvalue weighted by Gasteiger charge is -2.31. The van der Waals surface area contributed by atoms with E-state index < -0.39 is 5.60 Å². The molecule has 0 saturated heterocycles. The van der Waals surface area contributed by atoms with Crippen LogP contribution in [-0.2, 0) is 5.60 Å². The van der Waals surface area contributed by atoms with Crippen LogP contribution in [0.3, 0.4) is 0 Å². The fourth-order valence-corrected chi connectivity index (χ4v) is 1.75. The van der Waals surface area contributed by atoms with Gasteiger partial charge < -0.3 is 10.8 Å². The summed E-state index contributed by atoms with van der Waals surface area (Å²) in [6, 6.07) is 5.08. The van der Waals surface area contributed by atoms with Crippen molar-refractivity contribution in [3.8, 4) is 0 Å². The van der Waals surface area contributed by atoms with Gasteiger partial charge in [-0.05, 0) is 23.6 Å². The van der Waals surface area contributed by atoms with Gasteiger partial charge in [-0.15, -0.1) is 0 Å². The third-order valence-corrected chi connectivity index (χ3v) is 3.42. The van der Waals surface area contributed by atoms with Crippen molar-refractivity contribution < 1.29 is 5.11 Å². The number of hydrogen-bond acceptors (Lipinski definition) is 2. The molecule has 1 rings (SSSR count). The molecule has 0 saturated carbocycles. The van der Waals surface area contributed by atoms with Crippen LogP contribution in [0.4, 0.5) is 0 Å². The largest absolute Gasteiger partial charge is 0.384 e. The average molecular weight is 248 g/mol. The summed E-state index contributed by atoms with van der Waals surface area (Å²) in [6.45, 7) is 3.98. The number of benzene rings is 1. The van der Waals surface area contributed by atoms with Crippen molar-refractivity contribution in [1.29, 1.82) is 0 Å². The van der Waals surface area contributed by atoms with E-state index in [1.807, 2.05) is 13.8 Å². The molecule has 1 unspecified atom stereocenters. The van der Waals surface area contributed by atoms with Gasteiger partial charge >= 0.3 is 0 Å². The molecule has 0 heterocycles. The van der Waals surface area contributed by atoms with Crippen molar-refractivity contribution in [1.82, 2.24) is 0 Å². The summed E-state index contributed by atoms with van der Waals surface area (Å²) in [7, 11) is 0. The van der Waals surface area contributed by atoms with Crippen molar-refractivity contribution in [2.24, 2.45) is 11.7 Å². The Morgan fingerprint density at radius 1 is 1.33 bits per heavy atom. The molecule has 1 aromatic carbocycles. The second kappa shape index (κ2) is 4.71. The standard InChI is InChI=1S/C11H15Cl2NO/c1-7(2)11(15,6-14)8-3-4-9(12)10(13)5-8/h3-5,7,15H,6,14H2,1-2H3. The van der Waals surface area contributed by atoms with Gasteiger partial charge in [-0.2, -0.15) is 0 Å². The zero-order chi connectivity index (χ0) is 11.6. The van der Waals surface area contributed by atoms with Crippen LogP contribution in [0.15, 0.2) is 18.2 Å². The van der Waals surface area contributed by atoms with Gasteiger partial charge in [0.2, 0.25) is 0 Å². The van der Waals surface area contributed by atoms with E-state index >= 15 is 0 Å². The molecule has 0 aliphatic rings. The van der Waals surface area contributed by atoms with Crippen LogP contribution >= 0.6 is 23.2 Å². The molecule has 1 atom stereocenters. The topological polar surface area (TPSA) is 46.2 Å². The van der Waals surface area contributed by atoms with E-state index in [1.54, 1.807) is 18.2 Å². The van der Waals surface area contributed by atoms with Crippen molar-refractivity contribution in [3.05, 3.63) is 33.8 Å². The molecule has 0 radical (unpaired) electrons. The van der Waals surface area contributed by atoms with Crippen molar-refractivity contribution in [2.75, 3.05) is 6.54 Å². The molecule has 0 aliphatic carbocycles. The van der Waals surface area contributed by atoms with Gasteiger partial charge in [-0.3, -0.25) is 0 Å². The minimum atomic E-state index is -1.05. The van der Waals surface area contributed by atoms with E-state index in [0.29, 0.717) is 15.6 Å². The number of nitrogens with two attached hydrogens (primary N) is 1. The molecule has 4 heteroatoms. The highest BCUT2D eigenvalue weighted by molar-refractivity contribution is 6.42. The quantitative estimate of drug-likeness (QED) is 0.863. The van der Waals surface area contributed by atoms with E-state index in [0.717, 1.165) is 0 Å². The van der Waals surface area contributed by atoms with Crippen LogP contribution in [0.2, 0.25) is 10.0 Å². The third kappa shape index (κ3) is 2.45. The Hall–Kier alpha value is -0.280. The van der Waals surface area contributed by atoms with E-state index in [9.17, 15) is 5.11 Å². The summed E-state index contributed by atoms with van der Waals surface area (Å²) in [5.41, 5.74) is 5.26. The second-order valence-electron chi connectivity index (χ2n) is 3.91. The zero-order valence-corrected chi connectivity index (χ0v) is 10.3. The van der Waals surface area contributed by atoms with E-state index in [2.05, 4.69) is 0 Å². The molecule has 84 valence electrons. The van der Waals surface area contributed by atoms with Gasteiger partial charge in [0, 0.05) is 6.54 Å². The van der Waals surface area contributed by atoms with Gasteiger partial charge in [0.1, 0.15) is 5.60 Å². The minimum absolute atomic E-state index is 0.0137. The highest BCUT2D eigenvalue weighted by Crippen LogP contribution is 2.32. The van der Waals surface area contributed by atoms with Crippen molar-refractivity contribution in [3.63, 3.8) is 0 Å². The fraction of sp³-hybridized carbons (Fsp3) is 0.455. The summed E-state index contributed by atoms with van der Waals surface area (Å²) in [5.74, 6) is 0.0137. The van der Waals surface area contributed by atoms with Gasteiger partial charge in [-0.1, -0.05) is 43.1 Å². The van der Waals surface area contributed by atoms with Crippen LogP contribution in [0.5, 0.6) is 0 Å². The Balaban J connectivity index is 3.19. The molecule has 15 heavy (non-hydrogen) atoms. The van der Waals surface area contributed by atoms with Crippen LogP contribution < -0.4 is 5.73 Å². The number of aliphatic hydroxyl groups is 1. The van der Waals surface area contributed by atoms with Gasteiger partial charge in [-0.25, -0.2) is 0 Å². The molecular weight excluding hydrogens is 233 g/mol. The number of halogens is 2. The fourth-order valence-electron chi connectivity index (χ4n) is 1.45. The van der Waals surface area contributed by atoms with Gasteiger partial charge in [0.25, 0.3) is 0 Å². The summed E-state index contributed by atoms with van der Waals surface area (Å²) in [4.78, 5) is 0. The Morgan fingerprint density at radius 3 is 2.33 bits per heavy atom. The van der Waals surface area contributed by atoms with Crippen LogP contribution in [0.1, 0.15) is 19.4 Å². The summed E-state index contributed by atoms with van der Waals surface area (Å²) in [5, 5.41) is 11.3. The maximum absolute atomic E-state index is 10.4. The molecule has 0 bridgehead atoms. The molecule has 3 N–H and O–H groups in total. The summed E-state index contributed by atoms with van der Waals surface area (Å²) in [6.07, 6.45) is 0. The van der Waals surface area contributed by atoms with Gasteiger partial charge in [0.05, 0.1) is 10.0 Å². The smallest absolute Gasteiger partial charge is 0.104 e. The normalized spacial score (nSPS) is 15.4. The maximum atomic E-state index is 10.4. The molecule has 0 amide bonds. The lowest BCUT2D eigenvalue weighted by atomic mass is 9.83. The first-order chi connectivity index (χ1) is 6.91. The van der Waals surface area contributed by atoms with E-state index in [-0.39, 0.29) is 12.5 Å². The van der Waals surface area contributed by atoms with Crippen LogP contribution in [-0.4, -0.2) is 11.7 Å². The minimum Gasteiger partial charge on any atom is -0.384 e. The summed E-state index contributed by atoms with van der Waals surface area (Å²) >= 11 is 11.7. The van der Waals surface area contributed by atoms with Gasteiger partial charge in [0.15, 0.2) is 0 Å². The second-order valence-corrected chi connectivity index (χ2v) is 4.73. The zero-order valence-electron chi connectivity index (χ0n) is 8.80. The first-order valence-corrected chi connectivity index (χ1v) is 5.55. The van der Waals surface area contributed by atoms with Crippen LogP contribution in [0.25, 0.3) is 0 Å². The lowest BCUT2D eigenvalue weighted by molar-refractivity contribution is -0.00112. The summed E-state index contributed by atoms with van der Waals surface area (Å²) < 4.78 is 0. The maximum Gasteiger partial charge on any atom is 0.104 e. The SMILES string of the molecule is CC(C)C(O)(CN)c1ccc(Cl)c(Cl)c1. The highest BCUT2D eigenvalue weighted by Gasteiger charge is 2.31. The van der Waals surface area contributed by atoms with Crippen molar-refractivity contribution in [2.45, 2.75) is 19.4 Å². The van der Waals surface area contributed by atoms with Crippen molar-refractivity contribution >= 4 is 23.2 Å². The first-order valence-electron chi connectivity index (χ1n) is 4.79.